The summed E-state index contributed by atoms with van der Waals surface area (Å²) in [5.74, 6) is 5.76. The van der Waals surface area contributed by atoms with E-state index in [9.17, 15) is 0 Å². The van der Waals surface area contributed by atoms with Gasteiger partial charge in [0.1, 0.15) is 0 Å². The van der Waals surface area contributed by atoms with Crippen LogP contribution in [0.25, 0.3) is 10.8 Å². The summed E-state index contributed by atoms with van der Waals surface area (Å²) in [6.07, 6.45) is 1.85. The van der Waals surface area contributed by atoms with E-state index in [2.05, 4.69) is 72.2 Å². The summed E-state index contributed by atoms with van der Waals surface area (Å²) >= 11 is 0. The Kier molecular flexibility index (Phi) is 4.29. The molecule has 0 fully saturated rings. The third kappa shape index (κ3) is 3.30. The number of hydrogen-bond donors (Lipinski definition) is 2. The van der Waals surface area contributed by atoms with Gasteiger partial charge in [-0.1, -0.05) is 72.8 Å². The highest BCUT2D eigenvalue weighted by molar-refractivity contribution is 5.85. The molecule has 1 unspecified atom stereocenters. The van der Waals surface area contributed by atoms with Crippen LogP contribution in [-0.2, 0) is 12.8 Å². The molecule has 3 aromatic carbocycles. The molecule has 1 atom stereocenters. The zero-order valence-electron chi connectivity index (χ0n) is 12.0. The van der Waals surface area contributed by atoms with Crippen molar-refractivity contribution in [2.45, 2.75) is 18.9 Å². The molecule has 106 valence electrons. The maximum absolute atomic E-state index is 5.76. The number of nitrogens with one attached hydrogen (secondary N) is 1. The van der Waals surface area contributed by atoms with E-state index in [4.69, 9.17) is 5.84 Å². The standard InChI is InChI=1S/C19H20N2/c20-21-18(13-15-7-2-1-3-8-15)14-17-11-6-10-16-9-4-5-12-19(16)17/h1-12,18,21H,13-14,20H2. The van der Waals surface area contributed by atoms with Crippen LogP contribution in [0.2, 0.25) is 0 Å². The van der Waals surface area contributed by atoms with Crippen LogP contribution in [0.4, 0.5) is 0 Å². The Morgan fingerprint density at radius 1 is 0.762 bits per heavy atom. The number of benzene rings is 3. The lowest BCUT2D eigenvalue weighted by Gasteiger charge is -2.17. The average Bonchev–Trinajstić information content (AvgIpc) is 2.55. The molecule has 0 amide bonds. The molecule has 3 aromatic rings. The molecule has 0 heterocycles. The molecule has 0 aliphatic rings. The van der Waals surface area contributed by atoms with E-state index in [1.807, 2.05) is 6.07 Å². The first kappa shape index (κ1) is 13.8. The van der Waals surface area contributed by atoms with Gasteiger partial charge in [-0.2, -0.15) is 0 Å². The van der Waals surface area contributed by atoms with Crippen LogP contribution < -0.4 is 11.3 Å². The summed E-state index contributed by atoms with van der Waals surface area (Å²) in [4.78, 5) is 0. The molecule has 0 aliphatic heterocycles. The molecule has 0 spiro atoms. The summed E-state index contributed by atoms with van der Waals surface area (Å²) in [6.45, 7) is 0. The highest BCUT2D eigenvalue weighted by Gasteiger charge is 2.10. The molecule has 21 heavy (non-hydrogen) atoms. The fourth-order valence-corrected chi connectivity index (χ4v) is 2.82. The van der Waals surface area contributed by atoms with Gasteiger partial charge in [-0.3, -0.25) is 11.3 Å². The van der Waals surface area contributed by atoms with Crippen molar-refractivity contribution in [3.8, 4) is 0 Å². The van der Waals surface area contributed by atoms with Gasteiger partial charge in [-0.05, 0) is 34.7 Å². The van der Waals surface area contributed by atoms with Crippen molar-refractivity contribution in [3.63, 3.8) is 0 Å². The van der Waals surface area contributed by atoms with E-state index in [0.717, 1.165) is 12.8 Å². The normalized spacial score (nSPS) is 12.4. The molecule has 3 N–H and O–H groups in total. The first-order chi connectivity index (χ1) is 10.4. The van der Waals surface area contributed by atoms with Crippen molar-refractivity contribution in [3.05, 3.63) is 83.9 Å². The van der Waals surface area contributed by atoms with Crippen molar-refractivity contribution < 1.29 is 0 Å². The van der Waals surface area contributed by atoms with Crippen LogP contribution in [0.3, 0.4) is 0 Å². The van der Waals surface area contributed by atoms with Crippen molar-refractivity contribution in [1.82, 2.24) is 5.43 Å². The maximum Gasteiger partial charge on any atom is 0.0291 e. The largest absolute Gasteiger partial charge is 0.271 e. The van der Waals surface area contributed by atoms with E-state index in [0.29, 0.717) is 0 Å². The fourth-order valence-electron chi connectivity index (χ4n) is 2.82. The minimum Gasteiger partial charge on any atom is -0.271 e. The Bertz CT molecular complexity index is 702. The lowest BCUT2D eigenvalue weighted by atomic mass is 9.95. The van der Waals surface area contributed by atoms with Crippen molar-refractivity contribution in [2.24, 2.45) is 5.84 Å². The van der Waals surface area contributed by atoms with Gasteiger partial charge in [-0.25, -0.2) is 0 Å². The third-order valence-electron chi connectivity index (χ3n) is 3.91. The minimum absolute atomic E-state index is 0.234. The van der Waals surface area contributed by atoms with Crippen LogP contribution >= 0.6 is 0 Å². The Balaban J connectivity index is 1.82. The van der Waals surface area contributed by atoms with Crippen LogP contribution in [0.1, 0.15) is 11.1 Å². The Hall–Kier alpha value is -2.16. The van der Waals surface area contributed by atoms with Crippen LogP contribution in [0.5, 0.6) is 0 Å². The Labute approximate surface area is 125 Å². The van der Waals surface area contributed by atoms with Crippen molar-refractivity contribution in [1.29, 1.82) is 0 Å². The SMILES string of the molecule is NNC(Cc1ccccc1)Cc1cccc2ccccc12. The second-order valence-corrected chi connectivity index (χ2v) is 5.40. The summed E-state index contributed by atoms with van der Waals surface area (Å²) in [5.41, 5.74) is 5.61. The Morgan fingerprint density at radius 2 is 1.48 bits per heavy atom. The molecule has 0 bridgehead atoms. The molecule has 3 rings (SSSR count). The van der Waals surface area contributed by atoms with Gasteiger partial charge < -0.3 is 0 Å². The van der Waals surface area contributed by atoms with Crippen molar-refractivity contribution >= 4 is 10.8 Å². The lowest BCUT2D eigenvalue weighted by molar-refractivity contribution is 0.524. The van der Waals surface area contributed by atoms with E-state index >= 15 is 0 Å². The minimum atomic E-state index is 0.234. The zero-order valence-corrected chi connectivity index (χ0v) is 12.0. The summed E-state index contributed by atoms with van der Waals surface area (Å²) in [7, 11) is 0. The molecule has 0 aliphatic carbocycles. The van der Waals surface area contributed by atoms with Crippen LogP contribution in [-0.4, -0.2) is 6.04 Å². The van der Waals surface area contributed by atoms with Crippen LogP contribution in [0.15, 0.2) is 72.8 Å². The van der Waals surface area contributed by atoms with Gasteiger partial charge in [0.05, 0.1) is 0 Å². The summed E-state index contributed by atoms with van der Waals surface area (Å²) in [5, 5.41) is 2.60. The number of nitrogens with two attached hydrogens (primary N) is 1. The first-order valence-electron chi connectivity index (χ1n) is 7.33. The van der Waals surface area contributed by atoms with E-state index in [1.54, 1.807) is 0 Å². The van der Waals surface area contributed by atoms with Crippen molar-refractivity contribution in [2.75, 3.05) is 0 Å². The third-order valence-corrected chi connectivity index (χ3v) is 3.91. The first-order valence-corrected chi connectivity index (χ1v) is 7.33. The topological polar surface area (TPSA) is 38.0 Å². The van der Waals surface area contributed by atoms with Crippen LogP contribution in [0, 0.1) is 0 Å². The molecule has 0 saturated carbocycles. The van der Waals surface area contributed by atoms with Gasteiger partial charge in [0.15, 0.2) is 0 Å². The predicted molar refractivity (Wildman–Crippen MR) is 88.9 cm³/mol. The van der Waals surface area contributed by atoms with Gasteiger partial charge in [-0.15, -0.1) is 0 Å². The monoisotopic (exact) mass is 276 g/mol. The van der Waals surface area contributed by atoms with Gasteiger partial charge in [0.2, 0.25) is 0 Å². The highest BCUT2D eigenvalue weighted by atomic mass is 15.2. The summed E-state index contributed by atoms with van der Waals surface area (Å²) in [6, 6.07) is 25.7. The van der Waals surface area contributed by atoms with E-state index < -0.39 is 0 Å². The Morgan fingerprint density at radius 3 is 2.29 bits per heavy atom. The van der Waals surface area contributed by atoms with Gasteiger partial charge in [0.25, 0.3) is 0 Å². The highest BCUT2D eigenvalue weighted by Crippen LogP contribution is 2.20. The molecule has 2 nitrogen and oxygen atoms in total. The summed E-state index contributed by atoms with van der Waals surface area (Å²) < 4.78 is 0. The molecular formula is C19H20N2. The van der Waals surface area contributed by atoms with E-state index in [-0.39, 0.29) is 6.04 Å². The smallest absolute Gasteiger partial charge is 0.0291 e. The van der Waals surface area contributed by atoms with Gasteiger partial charge in [0, 0.05) is 6.04 Å². The molecule has 0 aromatic heterocycles. The molecule has 2 heteroatoms. The quantitative estimate of drug-likeness (QED) is 0.553. The molecule has 0 saturated heterocycles. The number of rotatable bonds is 5. The second-order valence-electron chi connectivity index (χ2n) is 5.40. The fraction of sp³-hybridized carbons (Fsp3) is 0.158. The number of hydrogen-bond acceptors (Lipinski definition) is 2. The second kappa shape index (κ2) is 6.53. The number of hydrazine groups is 1. The lowest BCUT2D eigenvalue weighted by Crippen LogP contribution is -2.38. The average molecular weight is 276 g/mol. The maximum atomic E-state index is 5.76. The number of fused-ring (bicyclic) bond motifs is 1. The van der Waals surface area contributed by atoms with E-state index in [1.165, 1.54) is 21.9 Å². The predicted octanol–water partition coefficient (Wildman–Crippen LogP) is 3.46. The molecule has 0 radical (unpaired) electrons. The zero-order chi connectivity index (χ0) is 14.5. The molecular weight excluding hydrogens is 256 g/mol. The van der Waals surface area contributed by atoms with Gasteiger partial charge >= 0.3 is 0 Å².